The van der Waals surface area contributed by atoms with Crippen LogP contribution in [-0.2, 0) is 11.2 Å². The van der Waals surface area contributed by atoms with Crippen molar-refractivity contribution in [3.63, 3.8) is 0 Å². The number of carboxylic acids is 1. The summed E-state index contributed by atoms with van der Waals surface area (Å²) in [7, 11) is 0. The Kier molecular flexibility index (Phi) is 5.29. The smallest absolute Gasteiger partial charge is 0.355 e. The molecule has 1 aliphatic rings. The number of benzene rings is 1. The van der Waals surface area contributed by atoms with Crippen molar-refractivity contribution >= 4 is 22.8 Å². The molecule has 1 atom stereocenters. The molecule has 9 heteroatoms. The first kappa shape index (κ1) is 20.7. The summed E-state index contributed by atoms with van der Waals surface area (Å²) in [5.41, 5.74) is 3.44. The number of carbonyl (C=O) groups is 2. The van der Waals surface area contributed by atoms with Gasteiger partial charge >= 0.3 is 5.97 Å². The van der Waals surface area contributed by atoms with Crippen molar-refractivity contribution in [2.45, 2.75) is 25.8 Å². The van der Waals surface area contributed by atoms with Crippen molar-refractivity contribution in [1.82, 2.24) is 29.9 Å². The number of hydrogen-bond acceptors (Lipinski definition) is 6. The highest BCUT2D eigenvalue weighted by Crippen LogP contribution is 2.26. The first-order valence-electron chi connectivity index (χ1n) is 10.7. The van der Waals surface area contributed by atoms with E-state index in [1.54, 1.807) is 23.1 Å². The Balaban J connectivity index is 1.31. The van der Waals surface area contributed by atoms with Gasteiger partial charge < -0.3 is 10.0 Å². The highest BCUT2D eigenvalue weighted by atomic mass is 16.4. The normalized spacial score (nSPS) is 15.8. The fraction of sp³-hybridized carbons (Fsp3) is 0.250. The number of rotatable bonds is 5. The van der Waals surface area contributed by atoms with E-state index < -0.39 is 5.97 Å². The average Bonchev–Trinajstić information content (AvgIpc) is 3.49. The van der Waals surface area contributed by atoms with E-state index in [1.807, 2.05) is 42.2 Å². The van der Waals surface area contributed by atoms with Gasteiger partial charge in [-0.15, -0.1) is 5.10 Å². The van der Waals surface area contributed by atoms with E-state index in [4.69, 9.17) is 0 Å². The molecule has 1 aliphatic heterocycles. The second-order valence-electron chi connectivity index (χ2n) is 8.25. The van der Waals surface area contributed by atoms with Crippen molar-refractivity contribution in [3.8, 4) is 11.3 Å². The molecule has 5 rings (SSSR count). The van der Waals surface area contributed by atoms with Crippen LogP contribution in [0.1, 0.15) is 34.1 Å². The van der Waals surface area contributed by atoms with Crippen LogP contribution in [-0.4, -0.2) is 59.9 Å². The Morgan fingerprint density at radius 2 is 2.03 bits per heavy atom. The number of carbonyl (C=O) groups excluding carboxylic acids is 1. The van der Waals surface area contributed by atoms with E-state index in [0.717, 1.165) is 28.5 Å². The van der Waals surface area contributed by atoms with Gasteiger partial charge in [-0.05, 0) is 36.6 Å². The Hall–Kier alpha value is -4.14. The number of para-hydroxylation sites is 1. The number of hydrogen-bond donors (Lipinski definition) is 1. The maximum atomic E-state index is 13.0. The van der Waals surface area contributed by atoms with Crippen molar-refractivity contribution in [3.05, 3.63) is 71.8 Å². The quantitative estimate of drug-likeness (QED) is 0.505. The zero-order chi connectivity index (χ0) is 22.9. The molecule has 1 unspecified atom stereocenters. The van der Waals surface area contributed by atoms with Gasteiger partial charge in [0.2, 0.25) is 5.91 Å². The molecule has 0 bridgehead atoms. The summed E-state index contributed by atoms with van der Waals surface area (Å²) >= 11 is 0. The van der Waals surface area contributed by atoms with Crippen LogP contribution >= 0.6 is 0 Å². The van der Waals surface area contributed by atoms with Crippen molar-refractivity contribution in [2.75, 3.05) is 13.1 Å². The minimum absolute atomic E-state index is 0.0214. The summed E-state index contributed by atoms with van der Waals surface area (Å²) in [6.45, 7) is 3.00. The largest absolute Gasteiger partial charge is 0.476 e. The summed E-state index contributed by atoms with van der Waals surface area (Å²) in [4.78, 5) is 34.9. The van der Waals surface area contributed by atoms with Crippen molar-refractivity contribution in [1.29, 1.82) is 0 Å². The molecule has 1 aromatic carbocycles. The monoisotopic (exact) mass is 442 g/mol. The minimum atomic E-state index is -1.11. The van der Waals surface area contributed by atoms with Crippen molar-refractivity contribution < 1.29 is 14.7 Å². The molecule has 1 amide bonds. The first-order valence-corrected chi connectivity index (χ1v) is 10.7. The molecule has 4 heterocycles. The molecule has 33 heavy (non-hydrogen) atoms. The summed E-state index contributed by atoms with van der Waals surface area (Å²) < 4.78 is 1.72. The third-order valence-electron chi connectivity index (χ3n) is 5.96. The number of aryl methyl sites for hydroxylation is 1. The molecule has 0 spiro atoms. The molecule has 3 aromatic heterocycles. The van der Waals surface area contributed by atoms with Crippen LogP contribution < -0.4 is 0 Å². The van der Waals surface area contributed by atoms with Crippen LogP contribution in [0.3, 0.4) is 0 Å². The van der Waals surface area contributed by atoms with Gasteiger partial charge in [0.05, 0.1) is 24.2 Å². The van der Waals surface area contributed by atoms with Gasteiger partial charge in [0.1, 0.15) is 5.69 Å². The highest BCUT2D eigenvalue weighted by Gasteiger charge is 2.29. The van der Waals surface area contributed by atoms with E-state index in [9.17, 15) is 14.7 Å². The molecular weight excluding hydrogens is 420 g/mol. The van der Waals surface area contributed by atoms with Gasteiger partial charge in [-0.2, -0.15) is 0 Å². The maximum Gasteiger partial charge on any atom is 0.355 e. The van der Waals surface area contributed by atoms with E-state index >= 15 is 0 Å². The maximum absolute atomic E-state index is 13.0. The summed E-state index contributed by atoms with van der Waals surface area (Å²) in [5, 5.41) is 18.9. The predicted octanol–water partition coefficient (Wildman–Crippen LogP) is 2.91. The number of amides is 1. The summed E-state index contributed by atoms with van der Waals surface area (Å²) in [6, 6.07) is 11.5. The SMILES string of the molecule is Cc1cnc(C(=O)O)c(-c2cn(C3CCN(C(=O)Cc4cccc5cccnc45)C3)nn2)c1. The van der Waals surface area contributed by atoms with Gasteiger partial charge in [0.25, 0.3) is 0 Å². The highest BCUT2D eigenvalue weighted by molar-refractivity contribution is 5.93. The van der Waals surface area contributed by atoms with E-state index in [1.165, 1.54) is 6.20 Å². The number of fused-ring (bicyclic) bond motifs is 1. The lowest BCUT2D eigenvalue weighted by Crippen LogP contribution is -2.30. The number of pyridine rings is 2. The molecular formula is C24H22N6O3. The minimum Gasteiger partial charge on any atom is -0.476 e. The van der Waals surface area contributed by atoms with Crippen LogP contribution in [0.2, 0.25) is 0 Å². The first-order chi connectivity index (χ1) is 16.0. The second-order valence-corrected chi connectivity index (χ2v) is 8.25. The number of carboxylic acid groups (broad SMARTS) is 1. The summed E-state index contributed by atoms with van der Waals surface area (Å²) in [6.07, 6.45) is 6.03. The Morgan fingerprint density at radius 3 is 2.88 bits per heavy atom. The molecule has 4 aromatic rings. The van der Waals surface area contributed by atoms with Crippen LogP contribution in [0.25, 0.3) is 22.2 Å². The lowest BCUT2D eigenvalue weighted by molar-refractivity contribution is -0.129. The predicted molar refractivity (Wildman–Crippen MR) is 121 cm³/mol. The molecule has 1 saturated heterocycles. The zero-order valence-corrected chi connectivity index (χ0v) is 18.0. The molecule has 0 saturated carbocycles. The van der Waals surface area contributed by atoms with Gasteiger partial charge in [0, 0.05) is 36.4 Å². The van der Waals surface area contributed by atoms with Gasteiger partial charge in [-0.25, -0.2) is 14.5 Å². The molecule has 0 radical (unpaired) electrons. The topological polar surface area (TPSA) is 114 Å². The van der Waals surface area contributed by atoms with Gasteiger partial charge in [-0.1, -0.05) is 29.5 Å². The fourth-order valence-corrected chi connectivity index (χ4v) is 4.28. The molecule has 9 nitrogen and oxygen atoms in total. The van der Waals surface area contributed by atoms with E-state index in [0.29, 0.717) is 30.8 Å². The zero-order valence-electron chi connectivity index (χ0n) is 18.0. The third-order valence-corrected chi connectivity index (χ3v) is 5.96. The number of aromatic carboxylic acids is 1. The molecule has 1 fully saturated rings. The van der Waals surface area contributed by atoms with Crippen LogP contribution in [0.4, 0.5) is 0 Å². The van der Waals surface area contributed by atoms with E-state index in [-0.39, 0.29) is 17.6 Å². The average molecular weight is 442 g/mol. The molecule has 1 N–H and O–H groups in total. The third kappa shape index (κ3) is 4.05. The van der Waals surface area contributed by atoms with E-state index in [2.05, 4.69) is 20.3 Å². The fourth-order valence-electron chi connectivity index (χ4n) is 4.28. The number of aromatic nitrogens is 5. The second kappa shape index (κ2) is 8.42. The van der Waals surface area contributed by atoms with Crippen molar-refractivity contribution in [2.24, 2.45) is 0 Å². The number of nitrogens with zero attached hydrogens (tertiary/aromatic N) is 6. The van der Waals surface area contributed by atoms with Gasteiger partial charge in [-0.3, -0.25) is 9.78 Å². The van der Waals surface area contributed by atoms with Gasteiger partial charge in [0.15, 0.2) is 5.69 Å². The lowest BCUT2D eigenvalue weighted by Gasteiger charge is -2.17. The Bertz CT molecular complexity index is 1360. The Labute approximate surface area is 189 Å². The van der Waals surface area contributed by atoms with Crippen LogP contribution in [0, 0.1) is 6.92 Å². The van der Waals surface area contributed by atoms with Crippen LogP contribution in [0.5, 0.6) is 0 Å². The summed E-state index contributed by atoms with van der Waals surface area (Å²) in [5.74, 6) is -1.06. The van der Waals surface area contributed by atoms with Crippen LogP contribution in [0.15, 0.2) is 55.0 Å². The lowest BCUT2D eigenvalue weighted by atomic mass is 10.1. The standard InChI is InChI=1S/C24H22N6O3/c1-15-10-19(23(24(32)33)26-12-15)20-14-30(28-27-20)18-7-9-29(13-18)21(31)11-17-5-2-4-16-6-3-8-25-22(16)17/h2-6,8,10,12,14,18H,7,9,11,13H2,1H3,(H,32,33). The number of likely N-dealkylation sites (tertiary alicyclic amines) is 1. The Morgan fingerprint density at radius 1 is 1.18 bits per heavy atom. The molecule has 0 aliphatic carbocycles. The molecule has 166 valence electrons.